The molecule has 1 aromatic carbocycles. The Morgan fingerprint density at radius 2 is 1.79 bits per heavy atom. The number of ether oxygens (including phenoxy) is 1. The van der Waals surface area contributed by atoms with E-state index in [-0.39, 0.29) is 12.5 Å². The molecule has 1 aromatic rings. The zero-order chi connectivity index (χ0) is 13.8. The van der Waals surface area contributed by atoms with Crippen LogP contribution in [0.25, 0.3) is 0 Å². The maximum atomic E-state index is 11.8. The largest absolute Gasteiger partial charge is 0.481 e. The summed E-state index contributed by atoms with van der Waals surface area (Å²) in [5, 5.41) is 3.00. The van der Waals surface area contributed by atoms with Gasteiger partial charge in [-0.05, 0) is 56.8 Å². The van der Waals surface area contributed by atoms with Crippen molar-refractivity contribution in [2.75, 3.05) is 6.61 Å². The van der Waals surface area contributed by atoms with Crippen molar-refractivity contribution in [3.05, 3.63) is 25.6 Å². The van der Waals surface area contributed by atoms with Crippen molar-refractivity contribution >= 4 is 53.7 Å². The van der Waals surface area contributed by atoms with Crippen LogP contribution in [0, 0.1) is 0 Å². The number of carbonyl (C=O) groups excluding carboxylic acids is 1. The number of nitrogens with one attached hydrogen (secondary N) is 1. The van der Waals surface area contributed by atoms with Crippen LogP contribution in [0.4, 0.5) is 0 Å². The van der Waals surface area contributed by atoms with E-state index in [9.17, 15) is 4.79 Å². The lowest BCUT2D eigenvalue weighted by atomic mass is 10.2. The average Bonchev–Trinajstić information content (AvgIpc) is 2.80. The topological polar surface area (TPSA) is 38.3 Å². The van der Waals surface area contributed by atoms with Gasteiger partial charge in [-0.3, -0.25) is 4.79 Å². The molecule has 0 heterocycles. The molecule has 3 nitrogen and oxygen atoms in total. The van der Waals surface area contributed by atoms with E-state index in [2.05, 4.69) is 53.1 Å². The van der Waals surface area contributed by atoms with Gasteiger partial charge in [-0.1, -0.05) is 28.8 Å². The molecule has 2 rings (SSSR count). The van der Waals surface area contributed by atoms with E-state index in [1.165, 1.54) is 12.8 Å². The van der Waals surface area contributed by atoms with Gasteiger partial charge < -0.3 is 10.1 Å². The van der Waals surface area contributed by atoms with Gasteiger partial charge >= 0.3 is 0 Å². The number of benzene rings is 1. The molecule has 6 heteroatoms. The third-order valence-electron chi connectivity index (χ3n) is 3.03. The Balaban J connectivity index is 1.89. The fourth-order valence-electron chi connectivity index (χ4n) is 2.14. The number of hydrogen-bond acceptors (Lipinski definition) is 2. The quantitative estimate of drug-likeness (QED) is 0.730. The molecule has 1 saturated carbocycles. The summed E-state index contributed by atoms with van der Waals surface area (Å²) in [5.74, 6) is 0.582. The molecule has 0 aliphatic heterocycles. The van der Waals surface area contributed by atoms with Crippen molar-refractivity contribution in [3.63, 3.8) is 0 Å². The minimum Gasteiger partial charge on any atom is -0.481 e. The van der Waals surface area contributed by atoms with Crippen LogP contribution in [0.15, 0.2) is 25.6 Å². The molecule has 0 saturated heterocycles. The lowest BCUT2D eigenvalue weighted by Crippen LogP contribution is -2.36. The molecule has 0 atom stereocenters. The Bertz CT molecular complexity index is 450. The monoisotopic (exact) mass is 453 g/mol. The van der Waals surface area contributed by atoms with Gasteiger partial charge in [-0.25, -0.2) is 0 Å². The second-order valence-corrected chi connectivity index (χ2v) is 7.16. The highest BCUT2D eigenvalue weighted by molar-refractivity contribution is 9.11. The summed E-state index contributed by atoms with van der Waals surface area (Å²) in [7, 11) is 0. The summed E-state index contributed by atoms with van der Waals surface area (Å²) in [4.78, 5) is 11.8. The van der Waals surface area contributed by atoms with Crippen molar-refractivity contribution in [3.8, 4) is 5.75 Å². The summed E-state index contributed by atoms with van der Waals surface area (Å²) in [6.07, 6.45) is 4.57. The highest BCUT2D eigenvalue weighted by atomic mass is 79.9. The first-order chi connectivity index (χ1) is 9.06. The van der Waals surface area contributed by atoms with Crippen LogP contribution in [0.3, 0.4) is 0 Å². The molecule has 1 aliphatic carbocycles. The third kappa shape index (κ3) is 4.46. The summed E-state index contributed by atoms with van der Waals surface area (Å²) < 4.78 is 8.12. The van der Waals surface area contributed by atoms with Gasteiger partial charge in [0.2, 0.25) is 0 Å². The third-order valence-corrected chi connectivity index (χ3v) is 4.67. The summed E-state index contributed by atoms with van der Waals surface area (Å²) >= 11 is 10.2. The first-order valence-electron chi connectivity index (χ1n) is 6.13. The first-order valence-corrected chi connectivity index (χ1v) is 8.51. The fourth-order valence-corrected chi connectivity index (χ4v) is 4.63. The molecule has 19 heavy (non-hydrogen) atoms. The normalized spacial score (nSPS) is 15.5. The summed E-state index contributed by atoms with van der Waals surface area (Å²) in [6.45, 7) is 0.0370. The van der Waals surface area contributed by atoms with E-state index >= 15 is 0 Å². The predicted octanol–water partition coefficient (Wildman–Crippen LogP) is 4.41. The number of rotatable bonds is 4. The Hall–Kier alpha value is -0.0700. The van der Waals surface area contributed by atoms with Gasteiger partial charge in [0, 0.05) is 10.5 Å². The van der Waals surface area contributed by atoms with Crippen molar-refractivity contribution in [1.29, 1.82) is 0 Å². The van der Waals surface area contributed by atoms with Crippen LogP contribution in [0.2, 0.25) is 0 Å². The summed E-state index contributed by atoms with van der Waals surface area (Å²) in [6, 6.07) is 4.09. The molecule has 0 unspecified atom stereocenters. The van der Waals surface area contributed by atoms with Gasteiger partial charge in [0.1, 0.15) is 5.75 Å². The zero-order valence-corrected chi connectivity index (χ0v) is 15.0. The molecule has 1 fully saturated rings. The molecule has 0 bridgehead atoms. The summed E-state index contributed by atoms with van der Waals surface area (Å²) in [5.41, 5.74) is 0. The number of carbonyl (C=O) groups is 1. The molecule has 1 aliphatic rings. The molecule has 1 amide bonds. The van der Waals surface area contributed by atoms with Crippen LogP contribution in [0.1, 0.15) is 25.7 Å². The Kier molecular flexibility index (Phi) is 5.71. The molecule has 104 valence electrons. The Morgan fingerprint density at radius 3 is 2.37 bits per heavy atom. The van der Waals surface area contributed by atoms with E-state index in [1.807, 2.05) is 12.1 Å². The standard InChI is InChI=1S/C13H14Br3NO2/c14-8-5-10(15)13(11(16)6-8)19-7-12(18)17-9-3-1-2-4-9/h5-6,9H,1-4,7H2,(H,17,18). The second-order valence-electron chi connectivity index (χ2n) is 4.54. The van der Waals surface area contributed by atoms with Crippen molar-refractivity contribution in [1.82, 2.24) is 5.32 Å². The van der Waals surface area contributed by atoms with Crippen LogP contribution >= 0.6 is 47.8 Å². The smallest absolute Gasteiger partial charge is 0.258 e. The van der Waals surface area contributed by atoms with Crippen LogP contribution in [-0.4, -0.2) is 18.6 Å². The Morgan fingerprint density at radius 1 is 1.21 bits per heavy atom. The van der Waals surface area contributed by atoms with Crippen molar-refractivity contribution < 1.29 is 9.53 Å². The van der Waals surface area contributed by atoms with Crippen LogP contribution < -0.4 is 10.1 Å². The fraction of sp³-hybridized carbons (Fsp3) is 0.462. The second kappa shape index (κ2) is 7.09. The van der Waals surface area contributed by atoms with Crippen molar-refractivity contribution in [2.45, 2.75) is 31.7 Å². The highest BCUT2D eigenvalue weighted by Crippen LogP contribution is 2.36. The molecule has 0 radical (unpaired) electrons. The molecule has 0 aromatic heterocycles. The van der Waals surface area contributed by atoms with E-state index in [4.69, 9.17) is 4.74 Å². The maximum Gasteiger partial charge on any atom is 0.258 e. The highest BCUT2D eigenvalue weighted by Gasteiger charge is 2.18. The maximum absolute atomic E-state index is 11.8. The minimum absolute atomic E-state index is 0.0370. The van der Waals surface area contributed by atoms with Crippen molar-refractivity contribution in [2.24, 2.45) is 0 Å². The first kappa shape index (κ1) is 15.3. The predicted molar refractivity (Wildman–Crippen MR) is 85.4 cm³/mol. The van der Waals surface area contributed by atoms with E-state index in [0.29, 0.717) is 11.8 Å². The molecular formula is C13H14Br3NO2. The lowest BCUT2D eigenvalue weighted by Gasteiger charge is -2.14. The SMILES string of the molecule is O=C(COc1c(Br)cc(Br)cc1Br)NC1CCCC1. The van der Waals surface area contributed by atoms with Gasteiger partial charge in [0.15, 0.2) is 6.61 Å². The molecule has 1 N–H and O–H groups in total. The number of amides is 1. The van der Waals surface area contributed by atoms with Gasteiger partial charge in [-0.2, -0.15) is 0 Å². The van der Waals surface area contributed by atoms with Crippen LogP contribution in [0.5, 0.6) is 5.75 Å². The zero-order valence-electron chi connectivity index (χ0n) is 10.2. The van der Waals surface area contributed by atoms with E-state index in [1.54, 1.807) is 0 Å². The minimum atomic E-state index is -0.0615. The number of halogens is 3. The van der Waals surface area contributed by atoms with E-state index < -0.39 is 0 Å². The molecular weight excluding hydrogens is 442 g/mol. The van der Waals surface area contributed by atoms with Gasteiger partial charge in [0.05, 0.1) is 8.95 Å². The average molecular weight is 456 g/mol. The number of hydrogen-bond donors (Lipinski definition) is 1. The van der Waals surface area contributed by atoms with Crippen LogP contribution in [-0.2, 0) is 4.79 Å². The molecule has 0 spiro atoms. The van der Waals surface area contributed by atoms with E-state index in [0.717, 1.165) is 26.3 Å². The lowest BCUT2D eigenvalue weighted by molar-refractivity contribution is -0.123. The Labute approximate surface area is 137 Å². The van der Waals surface area contributed by atoms with Gasteiger partial charge in [-0.15, -0.1) is 0 Å². The van der Waals surface area contributed by atoms with Gasteiger partial charge in [0.25, 0.3) is 5.91 Å².